The maximum atomic E-state index is 5.60. The Morgan fingerprint density at radius 1 is 1.53 bits per heavy atom. The normalized spacial score (nSPS) is 21.7. The Labute approximate surface area is 97.4 Å². The van der Waals surface area contributed by atoms with Crippen LogP contribution in [0.4, 0.5) is 0 Å². The van der Waals surface area contributed by atoms with Crippen molar-refractivity contribution in [3.05, 3.63) is 11.1 Å². The Bertz CT molecular complexity index is 203. The largest absolute Gasteiger partial charge is 0.379 e. The molecule has 0 aliphatic carbocycles. The second-order valence-electron chi connectivity index (χ2n) is 4.15. The van der Waals surface area contributed by atoms with Gasteiger partial charge in [-0.05, 0) is 19.4 Å². The minimum atomic E-state index is 0.495. The molecule has 0 aromatic rings. The van der Waals surface area contributed by atoms with Crippen molar-refractivity contribution in [1.82, 2.24) is 10.2 Å². The Balaban J connectivity index is 2.14. The van der Waals surface area contributed by atoms with Gasteiger partial charge in [0, 0.05) is 37.8 Å². The number of rotatable bonds is 5. The summed E-state index contributed by atoms with van der Waals surface area (Å²) in [4.78, 5) is 2.43. The first-order chi connectivity index (χ1) is 7.22. The van der Waals surface area contributed by atoms with Crippen LogP contribution in [-0.4, -0.2) is 50.3 Å². The Morgan fingerprint density at radius 2 is 2.20 bits per heavy atom. The first-order valence-electron chi connectivity index (χ1n) is 5.51. The van der Waals surface area contributed by atoms with Gasteiger partial charge in [0.2, 0.25) is 0 Å². The van der Waals surface area contributed by atoms with E-state index in [2.05, 4.69) is 17.1 Å². The van der Waals surface area contributed by atoms with Crippen LogP contribution in [0.1, 0.15) is 13.8 Å². The summed E-state index contributed by atoms with van der Waals surface area (Å²) in [5, 5.41) is 3.45. The summed E-state index contributed by atoms with van der Waals surface area (Å²) >= 11 is 5.60. The van der Waals surface area contributed by atoms with Crippen LogP contribution < -0.4 is 5.32 Å². The van der Waals surface area contributed by atoms with E-state index in [1.54, 1.807) is 5.54 Å². The zero-order valence-corrected chi connectivity index (χ0v) is 10.4. The molecular weight excluding hydrogens is 212 g/mol. The van der Waals surface area contributed by atoms with Crippen LogP contribution in [0.5, 0.6) is 0 Å². The molecule has 1 unspecified atom stereocenters. The Kier molecular flexibility index (Phi) is 6.25. The highest BCUT2D eigenvalue weighted by Gasteiger charge is 2.12. The van der Waals surface area contributed by atoms with Crippen LogP contribution in [0.3, 0.4) is 0 Å². The lowest BCUT2D eigenvalue weighted by Crippen LogP contribution is -2.44. The van der Waals surface area contributed by atoms with Gasteiger partial charge in [-0.3, -0.25) is 4.90 Å². The average molecular weight is 233 g/mol. The average Bonchev–Trinajstić information content (AvgIpc) is 2.27. The third-order valence-corrected chi connectivity index (χ3v) is 2.92. The van der Waals surface area contributed by atoms with Crippen LogP contribution in [0.15, 0.2) is 11.1 Å². The van der Waals surface area contributed by atoms with Crippen molar-refractivity contribution < 1.29 is 4.74 Å². The second kappa shape index (κ2) is 7.23. The van der Waals surface area contributed by atoms with Crippen molar-refractivity contribution in [3.63, 3.8) is 0 Å². The highest BCUT2D eigenvalue weighted by Crippen LogP contribution is 1.99. The molecule has 88 valence electrons. The van der Waals surface area contributed by atoms with Gasteiger partial charge >= 0.3 is 0 Å². The lowest BCUT2D eigenvalue weighted by molar-refractivity contribution is 0.0345. The molecule has 1 aliphatic rings. The fraction of sp³-hybridized carbons (Fsp3) is 0.818. The molecule has 1 rings (SSSR count). The molecule has 0 aromatic heterocycles. The summed E-state index contributed by atoms with van der Waals surface area (Å²) in [6, 6.07) is 0.495. The van der Waals surface area contributed by atoms with E-state index < -0.39 is 0 Å². The van der Waals surface area contributed by atoms with Gasteiger partial charge in [0.25, 0.3) is 0 Å². The van der Waals surface area contributed by atoms with Gasteiger partial charge in [0.05, 0.1) is 13.2 Å². The lowest BCUT2D eigenvalue weighted by atomic mass is 10.2. The van der Waals surface area contributed by atoms with Gasteiger partial charge in [-0.15, -0.1) is 0 Å². The number of nitrogens with zero attached hydrogens (tertiary/aromatic N) is 1. The van der Waals surface area contributed by atoms with Gasteiger partial charge < -0.3 is 10.1 Å². The van der Waals surface area contributed by atoms with E-state index in [0.717, 1.165) is 39.4 Å². The number of halogens is 1. The molecule has 15 heavy (non-hydrogen) atoms. The second-order valence-corrected chi connectivity index (χ2v) is 4.37. The zero-order chi connectivity index (χ0) is 11.1. The molecule has 0 spiro atoms. The molecule has 0 saturated carbocycles. The van der Waals surface area contributed by atoms with Crippen molar-refractivity contribution in [2.24, 2.45) is 0 Å². The lowest BCUT2D eigenvalue weighted by Gasteiger charge is -2.29. The fourth-order valence-corrected chi connectivity index (χ4v) is 1.69. The van der Waals surface area contributed by atoms with Gasteiger partial charge in [0.15, 0.2) is 0 Å². The quantitative estimate of drug-likeness (QED) is 0.777. The third-order valence-electron chi connectivity index (χ3n) is 2.55. The first kappa shape index (κ1) is 13.0. The summed E-state index contributed by atoms with van der Waals surface area (Å²) < 4.78 is 5.31. The van der Waals surface area contributed by atoms with Gasteiger partial charge in [0.1, 0.15) is 0 Å². The predicted octanol–water partition coefficient (Wildman–Crippen LogP) is 1.44. The van der Waals surface area contributed by atoms with E-state index in [0.29, 0.717) is 6.04 Å². The number of morpholine rings is 1. The maximum absolute atomic E-state index is 5.60. The number of hydrogen-bond donors (Lipinski definition) is 1. The monoisotopic (exact) mass is 232 g/mol. The maximum Gasteiger partial charge on any atom is 0.0594 e. The summed E-state index contributed by atoms with van der Waals surface area (Å²) in [7, 11) is 0. The number of hydrogen-bond acceptors (Lipinski definition) is 3. The van der Waals surface area contributed by atoms with E-state index in [4.69, 9.17) is 16.3 Å². The molecule has 3 nitrogen and oxygen atoms in total. The number of nitrogens with one attached hydrogen (secondary N) is 1. The number of ether oxygens (including phenoxy) is 1. The van der Waals surface area contributed by atoms with Gasteiger partial charge in [-0.2, -0.15) is 0 Å². The van der Waals surface area contributed by atoms with Crippen LogP contribution in [0.2, 0.25) is 0 Å². The summed E-state index contributed by atoms with van der Waals surface area (Å²) in [5.41, 5.74) is 2.81. The van der Waals surface area contributed by atoms with Crippen LogP contribution >= 0.6 is 11.6 Å². The molecule has 1 aliphatic heterocycles. The zero-order valence-electron chi connectivity index (χ0n) is 9.63. The van der Waals surface area contributed by atoms with E-state index in [9.17, 15) is 0 Å². The molecule has 1 saturated heterocycles. The van der Waals surface area contributed by atoms with Crippen LogP contribution in [-0.2, 0) is 4.74 Å². The van der Waals surface area contributed by atoms with E-state index in [-0.39, 0.29) is 0 Å². The SMILES string of the molecule is CC(=CCl)CNC(C)CN1CCOCC1. The van der Waals surface area contributed by atoms with Crippen molar-refractivity contribution in [3.8, 4) is 0 Å². The topological polar surface area (TPSA) is 24.5 Å². The molecule has 4 heteroatoms. The third kappa shape index (κ3) is 5.52. The summed E-state index contributed by atoms with van der Waals surface area (Å²) in [5.74, 6) is 0. The minimum Gasteiger partial charge on any atom is -0.379 e. The molecule has 0 radical (unpaired) electrons. The molecule has 1 atom stereocenters. The van der Waals surface area contributed by atoms with Gasteiger partial charge in [-0.1, -0.05) is 11.6 Å². The predicted molar refractivity (Wildman–Crippen MR) is 64.3 cm³/mol. The van der Waals surface area contributed by atoms with Crippen molar-refractivity contribution >= 4 is 11.6 Å². The highest BCUT2D eigenvalue weighted by molar-refractivity contribution is 6.25. The molecule has 0 aromatic carbocycles. The first-order valence-corrected chi connectivity index (χ1v) is 5.95. The molecular formula is C11H21ClN2O. The van der Waals surface area contributed by atoms with E-state index in [1.165, 1.54) is 5.57 Å². The van der Waals surface area contributed by atoms with Crippen molar-refractivity contribution in [1.29, 1.82) is 0 Å². The van der Waals surface area contributed by atoms with E-state index >= 15 is 0 Å². The molecule has 1 N–H and O–H groups in total. The summed E-state index contributed by atoms with van der Waals surface area (Å²) in [6.07, 6.45) is 0. The fourth-order valence-electron chi connectivity index (χ4n) is 1.61. The molecule has 1 heterocycles. The summed E-state index contributed by atoms with van der Waals surface area (Å²) in [6.45, 7) is 10.0. The highest BCUT2D eigenvalue weighted by atomic mass is 35.5. The van der Waals surface area contributed by atoms with Gasteiger partial charge in [-0.25, -0.2) is 0 Å². The van der Waals surface area contributed by atoms with Crippen LogP contribution in [0.25, 0.3) is 0 Å². The van der Waals surface area contributed by atoms with E-state index in [1.807, 2.05) is 6.92 Å². The van der Waals surface area contributed by atoms with Crippen molar-refractivity contribution in [2.45, 2.75) is 19.9 Å². The Hall–Kier alpha value is -0.0900. The standard InChI is InChI=1S/C11H21ClN2O/c1-10(7-12)8-13-11(2)9-14-3-5-15-6-4-14/h7,11,13H,3-6,8-9H2,1-2H3. The smallest absolute Gasteiger partial charge is 0.0594 e. The van der Waals surface area contributed by atoms with Crippen LogP contribution in [0, 0.1) is 0 Å². The molecule has 1 fully saturated rings. The minimum absolute atomic E-state index is 0.495. The Morgan fingerprint density at radius 3 is 2.80 bits per heavy atom. The molecule has 0 amide bonds. The van der Waals surface area contributed by atoms with Crippen molar-refractivity contribution in [2.75, 3.05) is 39.4 Å². The molecule has 0 bridgehead atoms.